The summed E-state index contributed by atoms with van der Waals surface area (Å²) in [5.74, 6) is 3.50. The standard InChI is InChI=1S/C26H49ClN8/c1-16(2)19-8-6-7-9-20(19)23-29-14-21-24(31-23)35(25(28)33(21)5)17(3)18-10-12-34(13-11-18)26-30-22(27)15-32(26)4/h16-24,26,28-31H,6-15H2,1-5H3/t17-,19?,20?,21?,22?,23?,24?,26?/m0/s1. The van der Waals surface area contributed by atoms with Gasteiger partial charge in [0.15, 0.2) is 5.96 Å². The van der Waals surface area contributed by atoms with E-state index in [1.54, 1.807) is 0 Å². The minimum absolute atomic E-state index is 0.0394. The predicted molar refractivity (Wildman–Crippen MR) is 143 cm³/mol. The largest absolute Gasteiger partial charge is 0.338 e. The molecule has 0 radical (unpaired) electrons. The topological polar surface area (TPSA) is 72.9 Å². The van der Waals surface area contributed by atoms with Crippen LogP contribution in [0, 0.1) is 29.1 Å². The lowest BCUT2D eigenvalue weighted by Gasteiger charge is -2.48. The van der Waals surface area contributed by atoms with Crippen LogP contribution < -0.4 is 16.0 Å². The van der Waals surface area contributed by atoms with Crippen LogP contribution in [-0.4, -0.2) is 102 Å². The van der Waals surface area contributed by atoms with E-state index in [1.807, 2.05) is 0 Å². The van der Waals surface area contributed by atoms with E-state index in [-0.39, 0.29) is 18.0 Å². The lowest BCUT2D eigenvalue weighted by molar-refractivity contribution is 0.0201. The fraction of sp³-hybridized carbons (Fsp3) is 0.962. The second-order valence-corrected chi connectivity index (χ2v) is 12.9. The van der Waals surface area contributed by atoms with Gasteiger partial charge in [-0.1, -0.05) is 26.7 Å². The second-order valence-electron chi connectivity index (χ2n) is 12.3. The number of hydrogen-bond acceptors (Lipinski definition) is 6. The molecular weight excluding hydrogens is 460 g/mol. The van der Waals surface area contributed by atoms with Crippen LogP contribution in [0.2, 0.25) is 0 Å². The average Bonchev–Trinajstić information content (AvgIpc) is 3.33. The van der Waals surface area contributed by atoms with E-state index < -0.39 is 0 Å². The number of guanidine groups is 1. The number of piperidine rings is 1. The van der Waals surface area contributed by atoms with Gasteiger partial charge in [-0.25, -0.2) is 0 Å². The van der Waals surface area contributed by atoms with Gasteiger partial charge in [-0.15, -0.1) is 11.6 Å². The number of nitrogens with one attached hydrogen (secondary N) is 4. The van der Waals surface area contributed by atoms with Crippen LogP contribution in [0.1, 0.15) is 59.3 Å². The maximum Gasteiger partial charge on any atom is 0.195 e. The number of rotatable bonds is 5. The van der Waals surface area contributed by atoms with Crippen LogP contribution in [0.4, 0.5) is 0 Å². The van der Waals surface area contributed by atoms with Gasteiger partial charge in [-0.3, -0.25) is 31.2 Å². The van der Waals surface area contributed by atoms with E-state index in [4.69, 9.17) is 17.0 Å². The summed E-state index contributed by atoms with van der Waals surface area (Å²) in [5, 5.41) is 20.5. The summed E-state index contributed by atoms with van der Waals surface area (Å²) in [4.78, 5) is 9.50. The summed E-state index contributed by atoms with van der Waals surface area (Å²) >= 11 is 6.35. The third-order valence-corrected chi connectivity index (χ3v) is 10.3. The van der Waals surface area contributed by atoms with Crippen molar-refractivity contribution >= 4 is 17.6 Å². The van der Waals surface area contributed by atoms with Crippen LogP contribution in [0.15, 0.2) is 0 Å². The third kappa shape index (κ3) is 4.96. The average molecular weight is 509 g/mol. The molecule has 0 spiro atoms. The minimum Gasteiger partial charge on any atom is -0.338 e. The van der Waals surface area contributed by atoms with Crippen LogP contribution in [-0.2, 0) is 0 Å². The van der Waals surface area contributed by atoms with Crippen LogP contribution in [0.25, 0.3) is 0 Å². The van der Waals surface area contributed by atoms with Gasteiger partial charge < -0.3 is 9.80 Å². The normalized spacial score (nSPS) is 41.1. The fourth-order valence-corrected chi connectivity index (χ4v) is 8.23. The van der Waals surface area contributed by atoms with Crippen molar-refractivity contribution in [2.75, 3.05) is 40.3 Å². The fourth-order valence-electron chi connectivity index (χ4n) is 7.90. The molecule has 0 aromatic rings. The first-order chi connectivity index (χ1) is 16.8. The Bertz CT molecular complexity index is 743. The van der Waals surface area contributed by atoms with Crippen LogP contribution in [0.5, 0.6) is 0 Å². The summed E-state index contributed by atoms with van der Waals surface area (Å²) in [6, 6.07) is 0.676. The summed E-state index contributed by atoms with van der Waals surface area (Å²) in [6.45, 7) is 11.2. The maximum atomic E-state index is 9.04. The molecule has 9 heteroatoms. The van der Waals surface area contributed by atoms with Gasteiger partial charge >= 0.3 is 0 Å². The first-order valence-corrected chi connectivity index (χ1v) is 14.6. The first-order valence-electron chi connectivity index (χ1n) is 14.2. The highest BCUT2D eigenvalue weighted by Gasteiger charge is 2.50. The first kappa shape index (κ1) is 26.0. The maximum absolute atomic E-state index is 9.04. The molecule has 4 heterocycles. The van der Waals surface area contributed by atoms with Crippen LogP contribution >= 0.6 is 11.6 Å². The number of likely N-dealkylation sites (tertiary alicyclic amines) is 1. The molecule has 0 aromatic heterocycles. The van der Waals surface area contributed by atoms with E-state index in [0.29, 0.717) is 36.0 Å². The van der Waals surface area contributed by atoms with Crippen molar-refractivity contribution in [3.8, 4) is 0 Å². The smallest absolute Gasteiger partial charge is 0.195 e. The van der Waals surface area contributed by atoms with Crippen molar-refractivity contribution in [3.05, 3.63) is 0 Å². The van der Waals surface area contributed by atoms with Gasteiger partial charge in [0.2, 0.25) is 0 Å². The van der Waals surface area contributed by atoms with E-state index in [9.17, 15) is 0 Å². The zero-order valence-electron chi connectivity index (χ0n) is 22.5. The van der Waals surface area contributed by atoms with Gasteiger partial charge in [-0.05, 0) is 63.3 Å². The number of fused-ring (bicyclic) bond motifs is 1. The molecule has 4 aliphatic heterocycles. The molecule has 0 amide bonds. The quantitative estimate of drug-likeness (QED) is 0.335. The molecule has 0 bridgehead atoms. The Morgan fingerprint density at radius 1 is 1.00 bits per heavy atom. The van der Waals surface area contributed by atoms with Crippen LogP contribution in [0.3, 0.4) is 0 Å². The molecule has 35 heavy (non-hydrogen) atoms. The highest BCUT2D eigenvalue weighted by molar-refractivity contribution is 6.20. The van der Waals surface area contributed by atoms with Crippen molar-refractivity contribution in [2.45, 2.75) is 95.5 Å². The monoisotopic (exact) mass is 508 g/mol. The van der Waals surface area contributed by atoms with Crippen molar-refractivity contribution in [1.29, 1.82) is 5.41 Å². The Morgan fingerprint density at radius 2 is 1.71 bits per heavy atom. The van der Waals surface area contributed by atoms with Gasteiger partial charge in [0, 0.05) is 39.3 Å². The number of nitrogens with zero attached hydrogens (tertiary/aromatic N) is 4. The molecule has 5 fully saturated rings. The third-order valence-electron chi connectivity index (χ3n) is 10.0. The summed E-state index contributed by atoms with van der Waals surface area (Å²) in [7, 11) is 4.27. The number of halogens is 1. The molecule has 200 valence electrons. The molecule has 1 aliphatic carbocycles. The minimum atomic E-state index is 0.0394. The summed E-state index contributed by atoms with van der Waals surface area (Å²) < 4.78 is 0. The zero-order chi connectivity index (χ0) is 24.9. The lowest BCUT2D eigenvalue weighted by atomic mass is 9.71. The Morgan fingerprint density at radius 3 is 2.37 bits per heavy atom. The van der Waals surface area contributed by atoms with E-state index >= 15 is 0 Å². The Labute approximate surface area is 218 Å². The number of hydrogen-bond donors (Lipinski definition) is 4. The van der Waals surface area contributed by atoms with Crippen molar-refractivity contribution < 1.29 is 0 Å². The molecule has 4 saturated heterocycles. The molecule has 4 N–H and O–H groups in total. The second kappa shape index (κ2) is 10.6. The molecular formula is C26H49ClN8. The highest BCUT2D eigenvalue weighted by atomic mass is 35.5. The van der Waals surface area contributed by atoms with Gasteiger partial charge in [0.05, 0.1) is 17.7 Å². The zero-order valence-corrected chi connectivity index (χ0v) is 23.3. The van der Waals surface area contributed by atoms with E-state index in [1.165, 1.54) is 38.5 Å². The molecule has 1 saturated carbocycles. The van der Waals surface area contributed by atoms with Gasteiger partial charge in [0.1, 0.15) is 12.5 Å². The molecule has 7 unspecified atom stereocenters. The summed E-state index contributed by atoms with van der Waals surface area (Å²) in [5.41, 5.74) is 0.0394. The molecule has 5 aliphatic rings. The van der Waals surface area contributed by atoms with Crippen molar-refractivity contribution in [3.63, 3.8) is 0 Å². The molecule has 8 atom stereocenters. The SMILES string of the molecule is CC(C)C1CCCCC1C1NCC2C(N1)N([C@@H](C)C1CCN(C3NC(Cl)CN3C)CC1)C(=N)N2C. The summed E-state index contributed by atoms with van der Waals surface area (Å²) in [6.07, 6.45) is 8.59. The lowest BCUT2D eigenvalue weighted by Crippen LogP contribution is -2.68. The Hall–Kier alpha value is -0.640. The van der Waals surface area contributed by atoms with E-state index in [2.05, 4.69) is 70.4 Å². The number of alkyl halides is 1. The Kier molecular flexibility index (Phi) is 7.88. The molecule has 0 aromatic carbocycles. The van der Waals surface area contributed by atoms with E-state index in [0.717, 1.165) is 38.0 Å². The van der Waals surface area contributed by atoms with Gasteiger partial charge in [-0.2, -0.15) is 0 Å². The predicted octanol–water partition coefficient (Wildman–Crippen LogP) is 2.33. The number of likely N-dealkylation sites (N-methyl/N-ethyl adjacent to an activating group) is 2. The van der Waals surface area contributed by atoms with Gasteiger partial charge in [0.25, 0.3) is 0 Å². The van der Waals surface area contributed by atoms with Crippen molar-refractivity contribution in [2.24, 2.45) is 23.7 Å². The molecule has 8 nitrogen and oxygen atoms in total. The van der Waals surface area contributed by atoms with Crippen molar-refractivity contribution in [1.82, 2.24) is 35.6 Å². The molecule has 5 rings (SSSR count). The Balaban J connectivity index is 1.24. The highest BCUT2D eigenvalue weighted by Crippen LogP contribution is 2.39.